The van der Waals surface area contributed by atoms with Gasteiger partial charge in [0.1, 0.15) is 0 Å². The van der Waals surface area contributed by atoms with Crippen LogP contribution in [0.5, 0.6) is 0 Å². The maximum Gasteiger partial charge on any atom is 0.163 e. The molecule has 1 unspecified atom stereocenters. The quantitative estimate of drug-likeness (QED) is 0.694. The highest BCUT2D eigenvalue weighted by Gasteiger charge is 2.47. The zero-order valence-corrected chi connectivity index (χ0v) is 13.2. The van der Waals surface area contributed by atoms with E-state index in [1.54, 1.807) is 0 Å². The Morgan fingerprint density at radius 1 is 1.30 bits per heavy atom. The average molecular weight is 270 g/mol. The lowest BCUT2D eigenvalue weighted by Gasteiger charge is -2.49. The van der Waals surface area contributed by atoms with Gasteiger partial charge in [0.05, 0.1) is 0 Å². The van der Waals surface area contributed by atoms with Crippen molar-refractivity contribution in [3.63, 3.8) is 0 Å². The van der Waals surface area contributed by atoms with Crippen LogP contribution in [0.25, 0.3) is 0 Å². The number of hydrogen-bond donors (Lipinski definition) is 0. The first kappa shape index (κ1) is 13.9. The fraction of sp³-hybridized carbons (Fsp3) is 0.632. The maximum absolute atomic E-state index is 12.6. The van der Waals surface area contributed by atoms with Gasteiger partial charge in [-0.15, -0.1) is 0 Å². The van der Waals surface area contributed by atoms with Gasteiger partial charge in [0.25, 0.3) is 0 Å². The van der Waals surface area contributed by atoms with Gasteiger partial charge in [-0.1, -0.05) is 52.7 Å². The molecule has 0 aromatic heterocycles. The van der Waals surface area contributed by atoms with Gasteiger partial charge in [-0.2, -0.15) is 0 Å². The SMILES string of the molecule is CC(C)c1ccc2c(c1)C(=O)CC1[C@@H](C)CCC[C@]21C. The van der Waals surface area contributed by atoms with Crippen LogP contribution >= 0.6 is 0 Å². The molecular formula is C19H26O. The minimum Gasteiger partial charge on any atom is -0.294 e. The third kappa shape index (κ3) is 1.94. The van der Waals surface area contributed by atoms with Crippen molar-refractivity contribution in [2.75, 3.05) is 0 Å². The maximum atomic E-state index is 12.6. The first-order valence-electron chi connectivity index (χ1n) is 8.11. The summed E-state index contributed by atoms with van der Waals surface area (Å²) in [6, 6.07) is 6.67. The molecule has 2 aliphatic rings. The summed E-state index contributed by atoms with van der Waals surface area (Å²) >= 11 is 0. The van der Waals surface area contributed by atoms with Crippen LogP contribution in [-0.2, 0) is 5.41 Å². The summed E-state index contributed by atoms with van der Waals surface area (Å²) in [4.78, 5) is 12.6. The normalized spacial score (nSPS) is 33.0. The summed E-state index contributed by atoms with van der Waals surface area (Å²) in [5.74, 6) is 2.08. The van der Waals surface area contributed by atoms with Gasteiger partial charge in [-0.25, -0.2) is 0 Å². The van der Waals surface area contributed by atoms with E-state index in [1.165, 1.54) is 30.4 Å². The second-order valence-electron chi connectivity index (χ2n) is 7.48. The second-order valence-corrected chi connectivity index (χ2v) is 7.48. The van der Waals surface area contributed by atoms with Gasteiger partial charge in [0, 0.05) is 12.0 Å². The third-order valence-electron chi connectivity index (χ3n) is 5.89. The molecule has 1 heteroatoms. The lowest BCUT2D eigenvalue weighted by Crippen LogP contribution is -2.45. The van der Waals surface area contributed by atoms with E-state index in [-0.39, 0.29) is 5.41 Å². The van der Waals surface area contributed by atoms with Crippen LogP contribution < -0.4 is 0 Å². The van der Waals surface area contributed by atoms with E-state index in [0.717, 1.165) is 12.0 Å². The van der Waals surface area contributed by atoms with Crippen LogP contribution in [0.4, 0.5) is 0 Å². The highest BCUT2D eigenvalue weighted by atomic mass is 16.1. The van der Waals surface area contributed by atoms with E-state index in [4.69, 9.17) is 0 Å². The highest BCUT2D eigenvalue weighted by Crippen LogP contribution is 2.52. The Labute approximate surface area is 122 Å². The van der Waals surface area contributed by atoms with Crippen molar-refractivity contribution in [2.24, 2.45) is 11.8 Å². The number of carbonyl (C=O) groups excluding carboxylic acids is 1. The Hall–Kier alpha value is -1.11. The number of rotatable bonds is 1. The van der Waals surface area contributed by atoms with E-state index in [2.05, 4.69) is 45.9 Å². The van der Waals surface area contributed by atoms with Gasteiger partial charge < -0.3 is 0 Å². The van der Waals surface area contributed by atoms with Gasteiger partial charge in [0.2, 0.25) is 0 Å². The molecule has 3 atom stereocenters. The van der Waals surface area contributed by atoms with E-state index < -0.39 is 0 Å². The van der Waals surface area contributed by atoms with Crippen molar-refractivity contribution in [1.29, 1.82) is 0 Å². The molecule has 2 aliphatic carbocycles. The minimum absolute atomic E-state index is 0.219. The van der Waals surface area contributed by atoms with E-state index in [1.807, 2.05) is 0 Å². The molecule has 0 aliphatic heterocycles. The summed E-state index contributed by atoms with van der Waals surface area (Å²) in [6.07, 6.45) is 4.58. The Kier molecular flexibility index (Phi) is 3.27. The molecular weight excluding hydrogens is 244 g/mol. The predicted octanol–water partition coefficient (Wildman–Crippen LogP) is 5.09. The Bertz CT molecular complexity index is 543. The molecule has 1 aromatic rings. The monoisotopic (exact) mass is 270 g/mol. The van der Waals surface area contributed by atoms with Gasteiger partial charge in [-0.3, -0.25) is 4.79 Å². The summed E-state index contributed by atoms with van der Waals surface area (Å²) in [5.41, 5.74) is 3.86. The zero-order valence-electron chi connectivity index (χ0n) is 13.2. The number of fused-ring (bicyclic) bond motifs is 3. The molecule has 1 saturated carbocycles. The van der Waals surface area contributed by atoms with Crippen LogP contribution in [0.3, 0.4) is 0 Å². The van der Waals surface area contributed by atoms with Crippen LogP contribution in [0.2, 0.25) is 0 Å². The van der Waals surface area contributed by atoms with Gasteiger partial charge in [0.15, 0.2) is 5.78 Å². The summed E-state index contributed by atoms with van der Waals surface area (Å²) in [5, 5.41) is 0. The number of ketones is 1. The molecule has 108 valence electrons. The fourth-order valence-electron chi connectivity index (χ4n) is 4.53. The van der Waals surface area contributed by atoms with Crippen molar-refractivity contribution in [3.05, 3.63) is 34.9 Å². The molecule has 1 aromatic carbocycles. The van der Waals surface area contributed by atoms with Gasteiger partial charge in [-0.05, 0) is 46.8 Å². The standard InChI is InChI=1S/C19H26O/c1-12(2)14-7-8-16-15(10-14)18(20)11-17-13(3)6-5-9-19(16,17)4/h7-8,10,12-13,17H,5-6,9,11H2,1-4H3/t13-,17?,19+/m0/s1. The van der Waals surface area contributed by atoms with Crippen molar-refractivity contribution in [3.8, 4) is 0 Å². The van der Waals surface area contributed by atoms with Crippen LogP contribution in [0.1, 0.15) is 80.8 Å². The van der Waals surface area contributed by atoms with Crippen molar-refractivity contribution < 1.29 is 4.79 Å². The second kappa shape index (κ2) is 4.72. The molecule has 0 bridgehead atoms. The van der Waals surface area contributed by atoms with Crippen molar-refractivity contribution >= 4 is 5.78 Å². The first-order valence-corrected chi connectivity index (χ1v) is 8.11. The Morgan fingerprint density at radius 2 is 2.05 bits per heavy atom. The molecule has 20 heavy (non-hydrogen) atoms. The number of hydrogen-bond acceptors (Lipinski definition) is 1. The van der Waals surface area contributed by atoms with Crippen LogP contribution in [0, 0.1) is 11.8 Å². The fourth-order valence-corrected chi connectivity index (χ4v) is 4.53. The van der Waals surface area contributed by atoms with Crippen molar-refractivity contribution in [2.45, 2.75) is 64.7 Å². The number of carbonyl (C=O) groups is 1. The minimum atomic E-state index is 0.219. The molecule has 0 heterocycles. The lowest BCUT2D eigenvalue weighted by molar-refractivity contribution is 0.0756. The van der Waals surface area contributed by atoms with E-state index in [9.17, 15) is 4.79 Å². The topological polar surface area (TPSA) is 17.1 Å². The van der Waals surface area contributed by atoms with Gasteiger partial charge >= 0.3 is 0 Å². The van der Waals surface area contributed by atoms with Crippen LogP contribution in [-0.4, -0.2) is 5.78 Å². The summed E-state index contributed by atoms with van der Waals surface area (Å²) < 4.78 is 0. The smallest absolute Gasteiger partial charge is 0.163 e. The zero-order chi connectivity index (χ0) is 14.5. The number of benzene rings is 1. The van der Waals surface area contributed by atoms with Crippen LogP contribution in [0.15, 0.2) is 18.2 Å². The molecule has 3 rings (SSSR count). The first-order chi connectivity index (χ1) is 9.43. The third-order valence-corrected chi connectivity index (χ3v) is 5.89. The predicted molar refractivity (Wildman–Crippen MR) is 83.3 cm³/mol. The van der Waals surface area contributed by atoms with E-state index >= 15 is 0 Å². The molecule has 1 nitrogen and oxygen atoms in total. The molecule has 0 N–H and O–H groups in total. The summed E-state index contributed by atoms with van der Waals surface area (Å²) in [7, 11) is 0. The number of Topliss-reactive ketones (excluding diaryl/α,β-unsaturated/α-hetero) is 1. The largest absolute Gasteiger partial charge is 0.294 e. The molecule has 1 fully saturated rings. The lowest BCUT2D eigenvalue weighted by atomic mass is 9.55. The Morgan fingerprint density at radius 3 is 2.75 bits per heavy atom. The average Bonchev–Trinajstić information content (AvgIpc) is 2.41. The Balaban J connectivity index is 2.12. The summed E-state index contributed by atoms with van der Waals surface area (Å²) in [6.45, 7) is 9.13. The highest BCUT2D eigenvalue weighted by molar-refractivity contribution is 5.99. The molecule has 0 spiro atoms. The van der Waals surface area contributed by atoms with E-state index in [0.29, 0.717) is 23.5 Å². The molecule has 0 saturated heterocycles. The molecule has 0 radical (unpaired) electrons. The molecule has 0 amide bonds. The van der Waals surface area contributed by atoms with Crippen molar-refractivity contribution in [1.82, 2.24) is 0 Å².